The average molecular weight is 271 g/mol. The molecule has 0 radical (unpaired) electrons. The fourth-order valence-electron chi connectivity index (χ4n) is 2.54. The van der Waals surface area contributed by atoms with E-state index in [0.29, 0.717) is 6.04 Å². The Labute approximate surface area is 122 Å². The molecular weight excluding hydrogens is 246 g/mol. The first-order valence-electron chi connectivity index (χ1n) is 7.63. The van der Waals surface area contributed by atoms with Crippen molar-refractivity contribution in [3.8, 4) is 0 Å². The summed E-state index contributed by atoms with van der Waals surface area (Å²) in [5, 5.41) is 7.91. The maximum absolute atomic E-state index is 4.33. The van der Waals surface area contributed by atoms with Gasteiger partial charge in [0.1, 0.15) is 0 Å². The highest BCUT2D eigenvalue weighted by Gasteiger charge is 2.09. The van der Waals surface area contributed by atoms with Crippen LogP contribution in [-0.2, 0) is 13.0 Å². The molecule has 3 nitrogen and oxygen atoms in total. The van der Waals surface area contributed by atoms with Crippen molar-refractivity contribution >= 4 is 0 Å². The second-order valence-electron chi connectivity index (χ2n) is 5.12. The molecule has 0 saturated carbocycles. The summed E-state index contributed by atoms with van der Waals surface area (Å²) in [7, 11) is 0. The summed E-state index contributed by atoms with van der Waals surface area (Å²) < 4.78 is 1.99. The van der Waals surface area contributed by atoms with E-state index in [-0.39, 0.29) is 0 Å². The SMILES string of the molecule is CCNC(CCCc1cnn(CC)c1)c1ccccc1. The molecule has 1 heterocycles. The van der Waals surface area contributed by atoms with Gasteiger partial charge in [-0.25, -0.2) is 0 Å². The number of nitrogens with one attached hydrogen (secondary N) is 1. The van der Waals surface area contributed by atoms with Crippen molar-refractivity contribution in [2.24, 2.45) is 0 Å². The van der Waals surface area contributed by atoms with E-state index in [1.165, 1.54) is 17.5 Å². The molecule has 0 aliphatic rings. The molecule has 0 aliphatic heterocycles. The van der Waals surface area contributed by atoms with Crippen LogP contribution in [0.5, 0.6) is 0 Å². The van der Waals surface area contributed by atoms with Gasteiger partial charge in [-0.3, -0.25) is 4.68 Å². The fourth-order valence-corrected chi connectivity index (χ4v) is 2.54. The molecule has 1 N–H and O–H groups in total. The minimum absolute atomic E-state index is 0.461. The highest BCUT2D eigenvalue weighted by atomic mass is 15.3. The van der Waals surface area contributed by atoms with Crippen molar-refractivity contribution in [2.45, 2.75) is 45.7 Å². The standard InChI is InChI=1S/C17H25N3/c1-3-18-17(16-10-6-5-7-11-16)12-8-9-15-13-19-20(4-2)14-15/h5-7,10-11,13-14,17-18H,3-4,8-9,12H2,1-2H3. The molecule has 1 unspecified atom stereocenters. The number of hydrogen-bond acceptors (Lipinski definition) is 2. The Morgan fingerprint density at radius 2 is 2.00 bits per heavy atom. The van der Waals surface area contributed by atoms with Gasteiger partial charge in [-0.2, -0.15) is 5.10 Å². The van der Waals surface area contributed by atoms with Crippen molar-refractivity contribution in [1.29, 1.82) is 0 Å². The van der Waals surface area contributed by atoms with Crippen LogP contribution in [0.1, 0.15) is 43.9 Å². The summed E-state index contributed by atoms with van der Waals surface area (Å²) in [4.78, 5) is 0. The van der Waals surface area contributed by atoms with Crippen LogP contribution in [0.3, 0.4) is 0 Å². The van der Waals surface area contributed by atoms with Gasteiger partial charge in [0, 0.05) is 18.8 Å². The molecule has 3 heteroatoms. The van der Waals surface area contributed by atoms with Crippen LogP contribution < -0.4 is 5.32 Å². The van der Waals surface area contributed by atoms with Gasteiger partial charge in [0.2, 0.25) is 0 Å². The monoisotopic (exact) mass is 271 g/mol. The third kappa shape index (κ3) is 4.20. The summed E-state index contributed by atoms with van der Waals surface area (Å²) in [5.74, 6) is 0. The quantitative estimate of drug-likeness (QED) is 0.795. The zero-order valence-electron chi connectivity index (χ0n) is 12.5. The Hall–Kier alpha value is -1.61. The molecule has 20 heavy (non-hydrogen) atoms. The third-order valence-electron chi connectivity index (χ3n) is 3.62. The fraction of sp³-hybridized carbons (Fsp3) is 0.471. The molecule has 1 aromatic heterocycles. The van der Waals surface area contributed by atoms with Crippen molar-refractivity contribution in [3.63, 3.8) is 0 Å². The van der Waals surface area contributed by atoms with Crippen molar-refractivity contribution in [3.05, 3.63) is 53.9 Å². The van der Waals surface area contributed by atoms with Crippen molar-refractivity contribution in [1.82, 2.24) is 15.1 Å². The molecule has 0 fully saturated rings. The maximum Gasteiger partial charge on any atom is 0.0521 e. The Morgan fingerprint density at radius 1 is 1.20 bits per heavy atom. The zero-order chi connectivity index (χ0) is 14.2. The normalized spacial score (nSPS) is 12.5. The number of nitrogens with zero attached hydrogens (tertiary/aromatic N) is 2. The van der Waals surface area contributed by atoms with E-state index >= 15 is 0 Å². The van der Waals surface area contributed by atoms with Crippen LogP contribution in [0.4, 0.5) is 0 Å². The van der Waals surface area contributed by atoms with Crippen LogP contribution in [0, 0.1) is 0 Å². The summed E-state index contributed by atoms with van der Waals surface area (Å²) in [6.45, 7) is 6.24. The lowest BCUT2D eigenvalue weighted by Crippen LogP contribution is -2.20. The van der Waals surface area contributed by atoms with Gasteiger partial charge in [-0.15, -0.1) is 0 Å². The van der Waals surface area contributed by atoms with Gasteiger partial charge >= 0.3 is 0 Å². The molecule has 1 aromatic carbocycles. The predicted molar refractivity (Wildman–Crippen MR) is 83.7 cm³/mol. The lowest BCUT2D eigenvalue weighted by Gasteiger charge is -2.18. The van der Waals surface area contributed by atoms with E-state index in [1.54, 1.807) is 0 Å². The molecule has 2 rings (SSSR count). The topological polar surface area (TPSA) is 29.9 Å². The number of aromatic nitrogens is 2. The second kappa shape index (κ2) is 7.85. The van der Waals surface area contributed by atoms with E-state index in [2.05, 4.69) is 60.8 Å². The van der Waals surface area contributed by atoms with Crippen molar-refractivity contribution in [2.75, 3.05) is 6.54 Å². The van der Waals surface area contributed by atoms with Crippen LogP contribution >= 0.6 is 0 Å². The van der Waals surface area contributed by atoms with Crippen LogP contribution in [0.15, 0.2) is 42.7 Å². The van der Waals surface area contributed by atoms with Gasteiger partial charge < -0.3 is 5.32 Å². The molecule has 0 aliphatic carbocycles. The zero-order valence-corrected chi connectivity index (χ0v) is 12.5. The molecule has 0 spiro atoms. The first kappa shape index (κ1) is 14.8. The summed E-state index contributed by atoms with van der Waals surface area (Å²) in [6.07, 6.45) is 7.60. The Morgan fingerprint density at radius 3 is 2.65 bits per heavy atom. The first-order valence-corrected chi connectivity index (χ1v) is 7.63. The summed E-state index contributed by atoms with van der Waals surface area (Å²) >= 11 is 0. The van der Waals surface area contributed by atoms with Gasteiger partial charge in [0.15, 0.2) is 0 Å². The third-order valence-corrected chi connectivity index (χ3v) is 3.62. The largest absolute Gasteiger partial charge is 0.310 e. The summed E-state index contributed by atoms with van der Waals surface area (Å²) in [6, 6.07) is 11.2. The second-order valence-corrected chi connectivity index (χ2v) is 5.12. The van der Waals surface area contributed by atoms with Gasteiger partial charge in [0.25, 0.3) is 0 Å². The van der Waals surface area contributed by atoms with Crippen molar-refractivity contribution < 1.29 is 0 Å². The Balaban J connectivity index is 1.86. The molecule has 108 valence electrons. The lowest BCUT2D eigenvalue weighted by molar-refractivity contribution is 0.498. The van der Waals surface area contributed by atoms with E-state index in [4.69, 9.17) is 0 Å². The van der Waals surface area contributed by atoms with Crippen LogP contribution in [0.25, 0.3) is 0 Å². The average Bonchev–Trinajstić information content (AvgIpc) is 2.95. The van der Waals surface area contributed by atoms with Crippen LogP contribution in [-0.4, -0.2) is 16.3 Å². The van der Waals surface area contributed by atoms with Crippen LogP contribution in [0.2, 0.25) is 0 Å². The minimum atomic E-state index is 0.461. The van der Waals surface area contributed by atoms with E-state index in [1.807, 2.05) is 10.9 Å². The smallest absolute Gasteiger partial charge is 0.0521 e. The Kier molecular flexibility index (Phi) is 5.81. The molecule has 0 bridgehead atoms. The molecule has 0 amide bonds. The molecule has 0 saturated heterocycles. The molecular formula is C17H25N3. The highest BCUT2D eigenvalue weighted by Crippen LogP contribution is 2.19. The molecule has 1 atom stereocenters. The number of aryl methyl sites for hydroxylation is 2. The number of hydrogen-bond donors (Lipinski definition) is 1. The predicted octanol–water partition coefficient (Wildman–Crippen LogP) is 3.58. The first-order chi connectivity index (χ1) is 9.83. The minimum Gasteiger partial charge on any atom is -0.310 e. The Bertz CT molecular complexity index is 490. The van der Waals surface area contributed by atoms with E-state index in [9.17, 15) is 0 Å². The molecule has 2 aromatic rings. The van der Waals surface area contributed by atoms with Gasteiger partial charge in [-0.1, -0.05) is 37.3 Å². The number of benzene rings is 1. The lowest BCUT2D eigenvalue weighted by atomic mass is 10.00. The highest BCUT2D eigenvalue weighted by molar-refractivity contribution is 5.18. The van der Waals surface area contributed by atoms with Gasteiger partial charge in [0.05, 0.1) is 6.20 Å². The van der Waals surface area contributed by atoms with E-state index in [0.717, 1.165) is 25.9 Å². The van der Waals surface area contributed by atoms with Gasteiger partial charge in [-0.05, 0) is 43.9 Å². The maximum atomic E-state index is 4.33. The number of rotatable bonds is 8. The van der Waals surface area contributed by atoms with E-state index < -0.39 is 0 Å². The summed E-state index contributed by atoms with van der Waals surface area (Å²) in [5.41, 5.74) is 2.73.